The lowest BCUT2D eigenvalue weighted by Gasteiger charge is -2.29. The molecule has 2 amide bonds. The smallest absolute Gasteiger partial charge is 0.281 e. The number of terminal acetylenes is 1. The Morgan fingerprint density at radius 3 is 1.70 bits per heavy atom. The Balaban J connectivity index is 0.000000553. The first-order valence-electron chi connectivity index (χ1n) is 26.3. The van der Waals surface area contributed by atoms with E-state index in [-0.39, 0.29) is 71.9 Å². The average Bonchev–Trinajstić information content (AvgIpc) is 4.09. The molecule has 2 aliphatic rings. The van der Waals surface area contributed by atoms with Crippen molar-refractivity contribution in [3.63, 3.8) is 0 Å². The first kappa shape index (κ1) is 60.3. The summed E-state index contributed by atoms with van der Waals surface area (Å²) >= 11 is 12.6. The first-order valence-corrected chi connectivity index (χ1v) is 30.2. The molecule has 0 unspecified atom stereocenters. The number of hydrogen-bond donors (Lipinski definition) is 3. The summed E-state index contributed by atoms with van der Waals surface area (Å²) in [5.41, 5.74) is 8.75. The number of nitrogens with zero attached hydrogens (tertiary/aromatic N) is 6. The molecular weight excluding hydrogens is 1100 g/mol. The van der Waals surface area contributed by atoms with Crippen LogP contribution in [0.3, 0.4) is 0 Å². The van der Waals surface area contributed by atoms with E-state index in [1.54, 1.807) is 42.5 Å². The van der Waals surface area contributed by atoms with Crippen molar-refractivity contribution in [3.8, 4) is 46.4 Å². The molecule has 80 heavy (non-hydrogen) atoms. The molecule has 4 aromatic heterocycles. The number of pyridine rings is 4. The standard InChI is InChI=1S/C31H34ClN5O5S.C27H31ClN4O4S.5H2/c1-5-7-10-28(38)34-27-9-8-11-29(35-27)43(40,41)36-31(39)23-15-17-25(33-30(23)37-20(3)12-13-21(37)4)22-14-16-24(32)26(19-22)42-18-6-2;1-4-14-36-24-15-19(10-12-21(24)28)22-13-11-20(27(30-22)32-17(2)8-9-18(32)3)23(33)16-37(34,35)26-7-5-6-25(29)31-26;;;;;/h1,8-9,11,14-17,19-21H,6-7,10,12-13,18H2,2-4H3,(H,36,39)(H,34,35,38);5-7,10-13,15,17-18H,4,8-9,14,16H2,1-3H3,(H2,29,31);5*1H/t20-,21+;17-,18+;;;;;. The number of carbonyl (C=O) groups excluding carboxylic acids is 3. The summed E-state index contributed by atoms with van der Waals surface area (Å²) < 4.78 is 66.1. The number of Topliss-reactive ketones (excluding diaryl/α,β-unsaturated/α-hetero) is 1. The number of aromatic nitrogens is 4. The molecule has 6 aromatic rings. The summed E-state index contributed by atoms with van der Waals surface area (Å²) in [6.45, 7) is 13.3. The minimum Gasteiger partial charge on any atom is -0.492 e. The highest BCUT2D eigenvalue weighted by atomic mass is 35.5. The molecule has 22 heteroatoms. The predicted octanol–water partition coefficient (Wildman–Crippen LogP) is 11.9. The van der Waals surface area contributed by atoms with Gasteiger partial charge in [-0.15, -0.1) is 12.3 Å². The number of ether oxygens (including phenoxy) is 2. The molecule has 0 bridgehead atoms. The Morgan fingerprint density at radius 1 is 0.688 bits per heavy atom. The van der Waals surface area contributed by atoms with Crippen LogP contribution >= 0.6 is 23.2 Å². The minimum atomic E-state index is -4.40. The van der Waals surface area contributed by atoms with Crippen molar-refractivity contribution in [2.75, 3.05) is 39.8 Å². The van der Waals surface area contributed by atoms with Gasteiger partial charge >= 0.3 is 0 Å². The van der Waals surface area contributed by atoms with E-state index in [1.165, 1.54) is 36.4 Å². The molecule has 0 spiro atoms. The van der Waals surface area contributed by atoms with Gasteiger partial charge in [-0.3, -0.25) is 14.4 Å². The van der Waals surface area contributed by atoms with Crippen molar-refractivity contribution < 1.29 is 47.8 Å². The van der Waals surface area contributed by atoms with Crippen LogP contribution in [0.15, 0.2) is 107 Å². The number of carbonyl (C=O) groups is 3. The number of benzene rings is 2. The zero-order valence-corrected chi connectivity index (χ0v) is 48.6. The lowest BCUT2D eigenvalue weighted by Crippen LogP contribution is -2.37. The lowest BCUT2D eigenvalue weighted by atomic mass is 10.1. The molecule has 0 aliphatic carbocycles. The van der Waals surface area contributed by atoms with Gasteiger partial charge in [0.05, 0.1) is 45.8 Å². The normalized spacial score (nSPS) is 17.0. The van der Waals surface area contributed by atoms with Crippen LogP contribution < -0.4 is 35.0 Å². The Hall–Kier alpha value is -7.31. The average molecular weight is 1180 g/mol. The van der Waals surface area contributed by atoms with E-state index in [9.17, 15) is 31.2 Å². The van der Waals surface area contributed by atoms with Gasteiger partial charge in [-0.05, 0) is 139 Å². The first-order chi connectivity index (χ1) is 38.1. The van der Waals surface area contributed by atoms with Gasteiger partial charge in [-0.1, -0.05) is 61.3 Å². The summed E-state index contributed by atoms with van der Waals surface area (Å²) in [4.78, 5) is 60.8. The number of amides is 2. The maximum Gasteiger partial charge on any atom is 0.281 e. The van der Waals surface area contributed by atoms with Crippen LogP contribution in [0.5, 0.6) is 11.5 Å². The summed E-state index contributed by atoms with van der Waals surface area (Å²) in [6.07, 6.45) is 10.8. The number of halogens is 2. The second-order valence-electron chi connectivity index (χ2n) is 19.6. The fourth-order valence-corrected chi connectivity index (χ4v) is 11.8. The van der Waals surface area contributed by atoms with E-state index in [1.807, 2.05) is 50.8 Å². The van der Waals surface area contributed by atoms with Crippen LogP contribution in [0.1, 0.15) is 121 Å². The minimum absolute atomic E-state index is 0. The third-order valence-electron chi connectivity index (χ3n) is 13.4. The largest absolute Gasteiger partial charge is 0.492 e. The second-order valence-corrected chi connectivity index (χ2v) is 24.0. The molecule has 18 nitrogen and oxygen atoms in total. The van der Waals surface area contributed by atoms with Crippen molar-refractivity contribution in [2.45, 2.75) is 127 Å². The number of nitrogens with two attached hydrogens (primary N) is 1. The molecule has 4 N–H and O–H groups in total. The molecule has 0 saturated carbocycles. The van der Waals surface area contributed by atoms with E-state index in [0.29, 0.717) is 57.8 Å². The number of rotatable bonds is 20. The van der Waals surface area contributed by atoms with Crippen molar-refractivity contribution in [1.82, 2.24) is 24.7 Å². The molecule has 6 heterocycles. The molecular formula is C58H75Cl2N9O9S2. The molecule has 8 rings (SSSR count). The van der Waals surface area contributed by atoms with Gasteiger partial charge in [0, 0.05) is 55.3 Å². The molecule has 2 aliphatic heterocycles. The highest BCUT2D eigenvalue weighted by Crippen LogP contribution is 2.38. The van der Waals surface area contributed by atoms with E-state index in [0.717, 1.165) is 49.7 Å². The van der Waals surface area contributed by atoms with Gasteiger partial charge in [0.2, 0.25) is 15.7 Å². The summed E-state index contributed by atoms with van der Waals surface area (Å²) in [5, 5.41) is 2.85. The maximum atomic E-state index is 13.6. The van der Waals surface area contributed by atoms with Crippen LogP contribution in [0.4, 0.5) is 23.3 Å². The highest BCUT2D eigenvalue weighted by molar-refractivity contribution is 7.92. The van der Waals surface area contributed by atoms with Gasteiger partial charge in [0.1, 0.15) is 40.5 Å². The van der Waals surface area contributed by atoms with Crippen LogP contribution in [0.2, 0.25) is 10.0 Å². The third-order valence-corrected chi connectivity index (χ3v) is 16.8. The molecule has 0 radical (unpaired) electrons. The van der Waals surface area contributed by atoms with E-state index < -0.39 is 48.2 Å². The zero-order chi connectivity index (χ0) is 57.9. The van der Waals surface area contributed by atoms with Crippen LogP contribution in [-0.4, -0.2) is 97.5 Å². The van der Waals surface area contributed by atoms with E-state index >= 15 is 0 Å². The number of sulfone groups is 1. The van der Waals surface area contributed by atoms with E-state index in [4.69, 9.17) is 54.8 Å². The van der Waals surface area contributed by atoms with Gasteiger partial charge in [0.15, 0.2) is 15.8 Å². The van der Waals surface area contributed by atoms with Gasteiger partial charge < -0.3 is 30.3 Å². The highest BCUT2D eigenvalue weighted by Gasteiger charge is 2.35. The maximum absolute atomic E-state index is 13.6. The number of ketones is 1. The third kappa shape index (κ3) is 14.7. The summed E-state index contributed by atoms with van der Waals surface area (Å²) in [7, 11) is -8.40. The number of sulfonamides is 1. The number of anilines is 4. The number of nitrogens with one attached hydrogen (secondary N) is 2. The Kier molecular flexibility index (Phi) is 20.2. The number of nitrogen functional groups attached to an aromatic ring is 1. The topological polar surface area (TPSA) is 246 Å². The molecule has 2 fully saturated rings. The summed E-state index contributed by atoms with van der Waals surface area (Å²) in [6, 6.07) is 26.3. The van der Waals surface area contributed by atoms with Crippen LogP contribution in [-0.2, 0) is 24.7 Å². The van der Waals surface area contributed by atoms with Crippen LogP contribution in [0.25, 0.3) is 22.5 Å². The van der Waals surface area contributed by atoms with Crippen LogP contribution in [0, 0.1) is 12.3 Å². The van der Waals surface area contributed by atoms with Crippen molar-refractivity contribution in [2.24, 2.45) is 0 Å². The SMILES string of the molecule is C#CCCC(=O)Nc1cccc(S(=O)(=O)NC(=O)c2ccc(-c3ccc(Cl)c(OCCC)c3)nc2N2[C@H](C)CC[C@@H]2C)n1.CCCOc1cc(-c2ccc(C(=O)CS(=O)(=O)c3cccc(N)n3)c(N3[C@H](C)CC[C@@H]3C)n2)ccc1Cl.[HH].[HH].[HH].[HH].[HH]. The Bertz CT molecular complexity index is 3530. The van der Waals surface area contributed by atoms with Gasteiger partial charge in [-0.25, -0.2) is 33.1 Å². The van der Waals surface area contributed by atoms with Gasteiger partial charge in [-0.2, -0.15) is 8.42 Å². The summed E-state index contributed by atoms with van der Waals surface area (Å²) in [5.74, 6) is 1.86. The molecule has 2 aromatic carbocycles. The van der Waals surface area contributed by atoms with Crippen molar-refractivity contribution in [1.29, 1.82) is 0 Å². The van der Waals surface area contributed by atoms with Gasteiger partial charge in [0.25, 0.3) is 15.9 Å². The van der Waals surface area contributed by atoms with E-state index in [2.05, 4.69) is 44.7 Å². The molecule has 2 saturated heterocycles. The fraction of sp³-hybridized carbons (Fsp3) is 0.362. The van der Waals surface area contributed by atoms with Crippen molar-refractivity contribution in [3.05, 3.63) is 118 Å². The lowest BCUT2D eigenvalue weighted by molar-refractivity contribution is -0.116. The predicted molar refractivity (Wildman–Crippen MR) is 323 cm³/mol. The molecule has 432 valence electrons. The number of hydrogen-bond acceptors (Lipinski definition) is 16. The second kappa shape index (κ2) is 26.8. The molecule has 4 atom stereocenters. The Labute approximate surface area is 485 Å². The fourth-order valence-electron chi connectivity index (χ4n) is 9.39. The zero-order valence-electron chi connectivity index (χ0n) is 45.4. The monoisotopic (exact) mass is 1180 g/mol. The quantitative estimate of drug-likeness (QED) is 0.0475. The Morgan fingerprint density at radius 2 is 1.19 bits per heavy atom. The van der Waals surface area contributed by atoms with Crippen molar-refractivity contribution >= 4 is 83.9 Å².